The summed E-state index contributed by atoms with van der Waals surface area (Å²) < 4.78 is 0. The van der Waals surface area contributed by atoms with E-state index in [0.717, 1.165) is 22.9 Å². The average molecular weight is 446 g/mol. The largest absolute Gasteiger partial charge is 0.480 e. The monoisotopic (exact) mass is 445 g/mol. The van der Waals surface area contributed by atoms with E-state index in [4.69, 9.17) is 0 Å². The molecule has 2 N–H and O–H groups in total. The second-order valence-electron chi connectivity index (χ2n) is 7.09. The predicted molar refractivity (Wildman–Crippen MR) is 124 cm³/mol. The van der Waals surface area contributed by atoms with Crippen LogP contribution in [-0.2, 0) is 26.6 Å². The number of nitrogens with one attached hydrogen (secondary N) is 1. The van der Waals surface area contributed by atoms with Gasteiger partial charge in [-0.25, -0.2) is 4.79 Å². The molecule has 2 aromatic carbocycles. The van der Waals surface area contributed by atoms with E-state index in [2.05, 4.69) is 5.32 Å². The van der Waals surface area contributed by atoms with Crippen molar-refractivity contribution < 1.29 is 19.5 Å². The molecule has 0 unspecified atom stereocenters. The fraction of sp³-hybridized carbons (Fsp3) is 0.348. The van der Waals surface area contributed by atoms with Crippen molar-refractivity contribution >= 4 is 40.5 Å². The number of aliphatic carboxylic acids is 1. The quantitative estimate of drug-likeness (QED) is 0.545. The summed E-state index contributed by atoms with van der Waals surface area (Å²) in [6.45, 7) is 3.48. The topological polar surface area (TPSA) is 83.5 Å². The molecular formula is C23H27NO4S2. The third-order valence-electron chi connectivity index (χ3n) is 4.47. The van der Waals surface area contributed by atoms with Gasteiger partial charge in [-0.1, -0.05) is 71.9 Å². The summed E-state index contributed by atoms with van der Waals surface area (Å²) in [7, 11) is 0. The summed E-state index contributed by atoms with van der Waals surface area (Å²) in [6.07, 6.45) is 0.454. The Kier molecular flexibility index (Phi) is 9.97. The Morgan fingerprint density at radius 3 is 2.23 bits per heavy atom. The van der Waals surface area contributed by atoms with E-state index in [1.807, 2.05) is 61.5 Å². The molecule has 1 amide bonds. The lowest BCUT2D eigenvalue weighted by Gasteiger charge is -2.20. The van der Waals surface area contributed by atoms with Crippen molar-refractivity contribution in [3.8, 4) is 0 Å². The Hall–Kier alpha value is -2.25. The molecule has 0 spiro atoms. The first-order valence-electron chi connectivity index (χ1n) is 9.69. The Morgan fingerprint density at radius 2 is 1.63 bits per heavy atom. The van der Waals surface area contributed by atoms with Crippen LogP contribution >= 0.6 is 23.5 Å². The number of rotatable bonds is 11. The predicted octanol–water partition coefficient (Wildman–Crippen LogP) is 3.94. The zero-order valence-corrected chi connectivity index (χ0v) is 18.8. The second-order valence-corrected chi connectivity index (χ2v) is 9.32. The van der Waals surface area contributed by atoms with Gasteiger partial charge in [0.2, 0.25) is 5.91 Å². The lowest BCUT2D eigenvalue weighted by molar-refractivity contribution is -0.141. The van der Waals surface area contributed by atoms with Crippen LogP contribution in [0.3, 0.4) is 0 Å². The van der Waals surface area contributed by atoms with Gasteiger partial charge in [-0.2, -0.15) is 11.8 Å². The van der Waals surface area contributed by atoms with Crippen LogP contribution in [0.2, 0.25) is 0 Å². The highest BCUT2D eigenvalue weighted by molar-refractivity contribution is 8.13. The van der Waals surface area contributed by atoms with Crippen LogP contribution in [-0.4, -0.2) is 39.6 Å². The van der Waals surface area contributed by atoms with Crippen LogP contribution in [0.5, 0.6) is 0 Å². The molecule has 30 heavy (non-hydrogen) atoms. The Bertz CT molecular complexity index is 840. The number of carboxylic acid groups (broad SMARTS) is 1. The van der Waals surface area contributed by atoms with Crippen LogP contribution in [0.4, 0.5) is 0 Å². The Labute approximate surface area is 186 Å². The summed E-state index contributed by atoms with van der Waals surface area (Å²) >= 11 is 2.56. The standard InChI is InChI=1S/C23H27NO4S2/c1-16-8-10-19(11-9-16)13-29-15-21(23(27)28)24-22(26)20(14-30-17(2)25)12-18-6-4-3-5-7-18/h3-11,20-21H,12-15H2,1-2H3,(H,24,26)(H,27,28)/t20-,21+/m0/s1. The SMILES string of the molecule is CC(=O)SC[C@H](Cc1ccccc1)C(=O)N[C@H](CSCc1ccc(C)cc1)C(=O)O. The molecule has 5 nitrogen and oxygen atoms in total. The minimum absolute atomic E-state index is 0.0655. The maximum atomic E-state index is 12.8. The molecular weight excluding hydrogens is 418 g/mol. The zero-order valence-electron chi connectivity index (χ0n) is 17.2. The molecule has 0 radical (unpaired) electrons. The summed E-state index contributed by atoms with van der Waals surface area (Å²) in [5.74, 6) is -0.613. The van der Waals surface area contributed by atoms with Crippen molar-refractivity contribution in [2.24, 2.45) is 5.92 Å². The number of aryl methyl sites for hydroxylation is 1. The van der Waals surface area contributed by atoms with E-state index in [-0.39, 0.29) is 16.8 Å². The molecule has 0 aromatic heterocycles. The van der Waals surface area contributed by atoms with E-state index in [1.165, 1.54) is 24.2 Å². The Balaban J connectivity index is 1.96. The summed E-state index contributed by atoms with van der Waals surface area (Å²) in [6, 6.07) is 16.6. The fourth-order valence-electron chi connectivity index (χ4n) is 2.79. The third-order valence-corrected chi connectivity index (χ3v) is 6.55. The van der Waals surface area contributed by atoms with Crippen molar-refractivity contribution in [2.45, 2.75) is 32.1 Å². The van der Waals surface area contributed by atoms with Gasteiger partial charge in [0.1, 0.15) is 6.04 Å². The zero-order chi connectivity index (χ0) is 21.9. The van der Waals surface area contributed by atoms with Crippen LogP contribution < -0.4 is 5.32 Å². The van der Waals surface area contributed by atoms with Gasteiger partial charge in [0.15, 0.2) is 5.12 Å². The van der Waals surface area contributed by atoms with Crippen molar-refractivity contribution in [3.05, 3.63) is 71.3 Å². The Morgan fingerprint density at radius 1 is 0.967 bits per heavy atom. The molecule has 0 saturated carbocycles. The first kappa shape index (κ1) is 24.0. The van der Waals surface area contributed by atoms with Gasteiger partial charge in [-0.3, -0.25) is 9.59 Å². The second kappa shape index (κ2) is 12.4. The van der Waals surface area contributed by atoms with Gasteiger partial charge >= 0.3 is 5.97 Å². The lowest BCUT2D eigenvalue weighted by Crippen LogP contribution is -2.46. The van der Waals surface area contributed by atoms with Crippen molar-refractivity contribution in [1.82, 2.24) is 5.32 Å². The van der Waals surface area contributed by atoms with Gasteiger partial charge in [-0.05, 0) is 24.5 Å². The number of carboxylic acids is 1. The average Bonchev–Trinajstić information content (AvgIpc) is 2.72. The number of hydrogen-bond acceptors (Lipinski definition) is 5. The molecule has 0 aliphatic carbocycles. The minimum Gasteiger partial charge on any atom is -0.480 e. The number of benzene rings is 2. The molecule has 160 valence electrons. The van der Waals surface area contributed by atoms with Crippen LogP contribution in [0.25, 0.3) is 0 Å². The van der Waals surface area contributed by atoms with E-state index in [9.17, 15) is 19.5 Å². The lowest BCUT2D eigenvalue weighted by atomic mass is 10.00. The summed E-state index contributed by atoms with van der Waals surface area (Å²) in [4.78, 5) is 35.9. The van der Waals surface area contributed by atoms with Crippen molar-refractivity contribution in [1.29, 1.82) is 0 Å². The van der Waals surface area contributed by atoms with Crippen molar-refractivity contribution in [2.75, 3.05) is 11.5 Å². The molecule has 2 rings (SSSR count). The van der Waals surface area contributed by atoms with E-state index >= 15 is 0 Å². The third kappa shape index (κ3) is 8.63. The van der Waals surface area contributed by atoms with E-state index in [0.29, 0.717) is 17.9 Å². The number of thioether (sulfide) groups is 2. The molecule has 0 aliphatic rings. The highest BCUT2D eigenvalue weighted by Crippen LogP contribution is 2.18. The van der Waals surface area contributed by atoms with Crippen LogP contribution in [0.1, 0.15) is 23.6 Å². The minimum atomic E-state index is -1.06. The molecule has 0 heterocycles. The number of amides is 1. The van der Waals surface area contributed by atoms with Crippen molar-refractivity contribution in [3.63, 3.8) is 0 Å². The number of hydrogen-bond donors (Lipinski definition) is 2. The normalized spacial score (nSPS) is 12.7. The maximum absolute atomic E-state index is 12.8. The molecule has 0 saturated heterocycles. The number of carbonyl (C=O) groups is 3. The number of carbonyl (C=O) groups excluding carboxylic acids is 2. The van der Waals surface area contributed by atoms with Crippen LogP contribution in [0, 0.1) is 12.8 Å². The molecule has 2 atom stereocenters. The fourth-order valence-corrected chi connectivity index (χ4v) is 4.50. The first-order chi connectivity index (χ1) is 14.3. The van der Waals surface area contributed by atoms with Gasteiger partial charge in [0.05, 0.1) is 5.92 Å². The summed E-state index contributed by atoms with van der Waals surface area (Å²) in [5.41, 5.74) is 3.26. The highest BCUT2D eigenvalue weighted by atomic mass is 32.2. The molecule has 0 fully saturated rings. The molecule has 0 bridgehead atoms. The van der Waals surface area contributed by atoms with Crippen LogP contribution in [0.15, 0.2) is 54.6 Å². The van der Waals surface area contributed by atoms with E-state index < -0.39 is 17.9 Å². The molecule has 2 aromatic rings. The van der Waals surface area contributed by atoms with Gasteiger partial charge in [-0.15, -0.1) is 0 Å². The van der Waals surface area contributed by atoms with Gasteiger partial charge < -0.3 is 10.4 Å². The maximum Gasteiger partial charge on any atom is 0.327 e. The highest BCUT2D eigenvalue weighted by Gasteiger charge is 2.26. The molecule has 0 aliphatic heterocycles. The molecule has 7 heteroatoms. The van der Waals surface area contributed by atoms with E-state index in [1.54, 1.807) is 0 Å². The van der Waals surface area contributed by atoms with Gasteiger partial charge in [0, 0.05) is 24.2 Å². The smallest absolute Gasteiger partial charge is 0.327 e. The summed E-state index contributed by atoms with van der Waals surface area (Å²) in [5, 5.41) is 12.2. The van der Waals surface area contributed by atoms with Gasteiger partial charge in [0.25, 0.3) is 0 Å². The first-order valence-corrected chi connectivity index (χ1v) is 11.8.